The highest BCUT2D eigenvalue weighted by atomic mass is 16.6. The standard InChI is InChI=1S/C18H17N5O5/c1-12(24)21-8-10-22(11-9-21)13-2-4-14(5-3-13)27-16-7-6-15(23(25)26)17-18(16)20-28-19-17/h2-7H,8-11H2,1H3. The molecule has 0 spiro atoms. The summed E-state index contributed by atoms with van der Waals surface area (Å²) in [7, 11) is 0. The van der Waals surface area contributed by atoms with Gasteiger partial charge in [0.2, 0.25) is 11.4 Å². The maximum atomic E-state index is 11.4. The van der Waals surface area contributed by atoms with Gasteiger partial charge in [-0.2, -0.15) is 0 Å². The molecule has 0 unspecified atom stereocenters. The second-order valence-electron chi connectivity index (χ2n) is 6.39. The molecule has 0 atom stereocenters. The van der Waals surface area contributed by atoms with E-state index in [1.807, 2.05) is 29.2 Å². The number of hydrogen-bond acceptors (Lipinski definition) is 8. The molecule has 1 amide bonds. The Morgan fingerprint density at radius 3 is 2.39 bits per heavy atom. The molecule has 1 aromatic heterocycles. The van der Waals surface area contributed by atoms with Crippen LogP contribution in [-0.2, 0) is 4.79 Å². The summed E-state index contributed by atoms with van der Waals surface area (Å²) < 4.78 is 10.5. The summed E-state index contributed by atoms with van der Waals surface area (Å²) in [4.78, 5) is 26.0. The van der Waals surface area contributed by atoms with Crippen molar-refractivity contribution < 1.29 is 19.1 Å². The van der Waals surface area contributed by atoms with E-state index in [2.05, 4.69) is 19.8 Å². The van der Waals surface area contributed by atoms with Gasteiger partial charge in [-0.25, -0.2) is 4.63 Å². The van der Waals surface area contributed by atoms with Gasteiger partial charge in [0.15, 0.2) is 11.3 Å². The van der Waals surface area contributed by atoms with E-state index in [1.165, 1.54) is 12.1 Å². The third kappa shape index (κ3) is 3.31. The molecule has 0 saturated carbocycles. The summed E-state index contributed by atoms with van der Waals surface area (Å²) in [5.41, 5.74) is 1.08. The van der Waals surface area contributed by atoms with E-state index in [-0.39, 0.29) is 22.6 Å². The predicted molar refractivity (Wildman–Crippen MR) is 99.4 cm³/mol. The fraction of sp³-hybridized carbons (Fsp3) is 0.278. The number of aromatic nitrogens is 2. The van der Waals surface area contributed by atoms with Gasteiger partial charge in [0, 0.05) is 44.9 Å². The Hall–Kier alpha value is -3.69. The average Bonchev–Trinajstić information content (AvgIpc) is 3.19. The lowest BCUT2D eigenvalue weighted by atomic mass is 10.2. The van der Waals surface area contributed by atoms with Gasteiger partial charge in [-0.15, -0.1) is 0 Å². The Kier molecular flexibility index (Phi) is 4.52. The van der Waals surface area contributed by atoms with Gasteiger partial charge < -0.3 is 14.5 Å². The average molecular weight is 383 g/mol. The second-order valence-corrected chi connectivity index (χ2v) is 6.39. The van der Waals surface area contributed by atoms with Crippen molar-refractivity contribution in [3.8, 4) is 11.5 Å². The van der Waals surface area contributed by atoms with Crippen molar-refractivity contribution in [1.29, 1.82) is 0 Å². The number of nitrogens with zero attached hydrogens (tertiary/aromatic N) is 5. The van der Waals surface area contributed by atoms with Gasteiger partial charge in [0.1, 0.15) is 5.75 Å². The fourth-order valence-electron chi connectivity index (χ4n) is 3.19. The summed E-state index contributed by atoms with van der Waals surface area (Å²) in [6, 6.07) is 10.3. The van der Waals surface area contributed by atoms with Crippen LogP contribution >= 0.6 is 0 Å². The number of anilines is 1. The molecule has 2 aromatic carbocycles. The summed E-state index contributed by atoms with van der Waals surface area (Å²) >= 11 is 0. The third-order valence-corrected chi connectivity index (χ3v) is 4.71. The van der Waals surface area contributed by atoms with E-state index < -0.39 is 4.92 Å². The number of hydrogen-bond donors (Lipinski definition) is 0. The van der Waals surface area contributed by atoms with Gasteiger partial charge >= 0.3 is 5.69 Å². The molecule has 2 heterocycles. The highest BCUT2D eigenvalue weighted by Gasteiger charge is 2.21. The van der Waals surface area contributed by atoms with Crippen molar-refractivity contribution in [2.75, 3.05) is 31.1 Å². The SMILES string of the molecule is CC(=O)N1CCN(c2ccc(Oc3ccc([N+](=O)[O-])c4nonc34)cc2)CC1. The summed E-state index contributed by atoms with van der Waals surface area (Å²) in [5.74, 6) is 0.981. The van der Waals surface area contributed by atoms with Crippen LogP contribution in [0.5, 0.6) is 11.5 Å². The number of nitro groups is 1. The molecule has 0 N–H and O–H groups in total. The highest BCUT2D eigenvalue weighted by Crippen LogP contribution is 2.33. The molecule has 0 bridgehead atoms. The summed E-state index contributed by atoms with van der Waals surface area (Å²) in [6.07, 6.45) is 0. The molecule has 1 fully saturated rings. The van der Waals surface area contributed by atoms with Crippen molar-refractivity contribution in [3.63, 3.8) is 0 Å². The molecule has 10 nitrogen and oxygen atoms in total. The first kappa shape index (κ1) is 17.7. The van der Waals surface area contributed by atoms with Crippen LogP contribution in [0.1, 0.15) is 6.92 Å². The number of non-ortho nitro benzene ring substituents is 1. The first-order chi connectivity index (χ1) is 13.5. The van der Waals surface area contributed by atoms with E-state index in [1.54, 1.807) is 6.92 Å². The van der Waals surface area contributed by atoms with Crippen molar-refractivity contribution in [1.82, 2.24) is 15.2 Å². The first-order valence-electron chi connectivity index (χ1n) is 8.71. The number of nitro benzene ring substituents is 1. The Balaban J connectivity index is 1.49. The molecule has 3 aromatic rings. The summed E-state index contributed by atoms with van der Waals surface area (Å²) in [6.45, 7) is 4.53. The molecule has 1 aliphatic heterocycles. The monoisotopic (exact) mass is 383 g/mol. The van der Waals surface area contributed by atoms with E-state index in [4.69, 9.17) is 4.74 Å². The maximum Gasteiger partial charge on any atom is 0.301 e. The number of fused-ring (bicyclic) bond motifs is 1. The number of amides is 1. The van der Waals surface area contributed by atoms with Gasteiger partial charge in [-0.05, 0) is 40.6 Å². The number of ether oxygens (including phenoxy) is 1. The molecular formula is C18H17N5O5. The lowest BCUT2D eigenvalue weighted by Gasteiger charge is -2.35. The van der Waals surface area contributed by atoms with Crippen molar-refractivity contribution in [2.45, 2.75) is 6.92 Å². The summed E-state index contributed by atoms with van der Waals surface area (Å²) in [5, 5.41) is 18.4. The zero-order valence-corrected chi connectivity index (χ0v) is 15.1. The number of rotatable bonds is 4. The van der Waals surface area contributed by atoms with Crippen LogP contribution in [0.4, 0.5) is 11.4 Å². The van der Waals surface area contributed by atoms with E-state index in [0.29, 0.717) is 24.6 Å². The Morgan fingerprint density at radius 2 is 1.75 bits per heavy atom. The van der Waals surface area contributed by atoms with E-state index >= 15 is 0 Å². The smallest absolute Gasteiger partial charge is 0.301 e. The molecular weight excluding hydrogens is 366 g/mol. The number of piperazine rings is 1. The van der Waals surface area contributed by atoms with Crippen molar-refractivity contribution >= 4 is 28.3 Å². The van der Waals surface area contributed by atoms with E-state index in [0.717, 1.165) is 18.8 Å². The molecule has 10 heteroatoms. The van der Waals surface area contributed by atoms with Crippen molar-refractivity contribution in [2.24, 2.45) is 0 Å². The normalized spacial score (nSPS) is 14.3. The van der Waals surface area contributed by atoms with Crippen LogP contribution < -0.4 is 9.64 Å². The second kappa shape index (κ2) is 7.14. The van der Waals surface area contributed by atoms with Gasteiger partial charge in [0.05, 0.1) is 4.92 Å². The maximum absolute atomic E-state index is 11.4. The fourth-order valence-corrected chi connectivity index (χ4v) is 3.19. The van der Waals surface area contributed by atoms with Crippen LogP contribution in [0, 0.1) is 10.1 Å². The molecule has 1 saturated heterocycles. The minimum atomic E-state index is -0.545. The minimum Gasteiger partial charge on any atom is -0.455 e. The topological polar surface area (TPSA) is 115 Å². The van der Waals surface area contributed by atoms with Crippen LogP contribution in [0.2, 0.25) is 0 Å². The van der Waals surface area contributed by atoms with Crippen LogP contribution in [0.15, 0.2) is 41.0 Å². The molecule has 1 aliphatic rings. The molecule has 4 rings (SSSR count). The minimum absolute atomic E-state index is 0.0439. The predicted octanol–water partition coefficient (Wildman–Crippen LogP) is 2.59. The Morgan fingerprint density at radius 1 is 1.07 bits per heavy atom. The van der Waals surface area contributed by atoms with Crippen molar-refractivity contribution in [3.05, 3.63) is 46.5 Å². The lowest BCUT2D eigenvalue weighted by molar-refractivity contribution is -0.383. The Bertz CT molecular complexity index is 1020. The molecule has 0 aliphatic carbocycles. The molecule has 0 radical (unpaired) electrons. The number of benzene rings is 2. The Labute approximate surface area is 159 Å². The van der Waals surface area contributed by atoms with Crippen LogP contribution in [0.25, 0.3) is 11.0 Å². The molecule has 28 heavy (non-hydrogen) atoms. The highest BCUT2D eigenvalue weighted by molar-refractivity contribution is 5.88. The van der Waals surface area contributed by atoms with Gasteiger partial charge in [-0.3, -0.25) is 14.9 Å². The number of carbonyl (C=O) groups is 1. The van der Waals surface area contributed by atoms with Gasteiger partial charge in [0.25, 0.3) is 0 Å². The first-order valence-corrected chi connectivity index (χ1v) is 8.71. The largest absolute Gasteiger partial charge is 0.455 e. The van der Waals surface area contributed by atoms with Crippen LogP contribution in [0.3, 0.4) is 0 Å². The van der Waals surface area contributed by atoms with Gasteiger partial charge in [-0.1, -0.05) is 0 Å². The molecule has 144 valence electrons. The quantitative estimate of drug-likeness (QED) is 0.499. The number of carbonyl (C=O) groups excluding carboxylic acids is 1. The third-order valence-electron chi connectivity index (χ3n) is 4.71. The van der Waals surface area contributed by atoms with E-state index in [9.17, 15) is 14.9 Å². The van der Waals surface area contributed by atoms with Crippen LogP contribution in [-0.4, -0.2) is 52.2 Å². The zero-order valence-electron chi connectivity index (χ0n) is 15.1. The lowest BCUT2D eigenvalue weighted by Crippen LogP contribution is -2.48. The zero-order chi connectivity index (χ0) is 19.7.